The van der Waals surface area contributed by atoms with Gasteiger partial charge in [0.05, 0.1) is 18.6 Å². The number of hydrogen-bond donors (Lipinski definition) is 2. The second-order valence-corrected chi connectivity index (χ2v) is 8.17. The second kappa shape index (κ2) is 9.06. The van der Waals surface area contributed by atoms with Crippen LogP contribution >= 0.6 is 0 Å². The molecule has 0 bridgehead atoms. The summed E-state index contributed by atoms with van der Waals surface area (Å²) in [5, 5.41) is 4.36. The van der Waals surface area contributed by atoms with E-state index < -0.39 is 0 Å². The summed E-state index contributed by atoms with van der Waals surface area (Å²) in [7, 11) is 0. The van der Waals surface area contributed by atoms with Crippen molar-refractivity contribution in [2.45, 2.75) is 19.5 Å². The number of morpholine rings is 1. The monoisotopic (exact) mass is 431 g/mol. The molecular weight excluding hydrogens is 405 g/mol. The van der Waals surface area contributed by atoms with Gasteiger partial charge in [-0.15, -0.1) is 0 Å². The number of ether oxygens (including phenoxy) is 1. The van der Waals surface area contributed by atoms with Crippen LogP contribution in [0.25, 0.3) is 22.3 Å². The van der Waals surface area contributed by atoms with E-state index >= 15 is 0 Å². The molecule has 1 aliphatic heterocycles. The average Bonchev–Trinajstić information content (AvgIpc) is 3.26. The number of nitrogens with zero attached hydrogens (tertiary/aromatic N) is 3. The molecule has 0 amide bonds. The quantitative estimate of drug-likeness (QED) is 0.460. The molecule has 164 valence electrons. The minimum Gasteiger partial charge on any atom is -0.379 e. The Bertz CT molecular complexity index is 1180. The number of aromatic amines is 1. The van der Waals surface area contributed by atoms with E-state index in [1.54, 1.807) is 18.5 Å². The van der Waals surface area contributed by atoms with Crippen LogP contribution in [0.15, 0.2) is 60.9 Å². The fourth-order valence-corrected chi connectivity index (χ4v) is 4.06. The first-order valence-corrected chi connectivity index (χ1v) is 10.9. The van der Waals surface area contributed by atoms with Crippen LogP contribution in [-0.4, -0.2) is 46.2 Å². The van der Waals surface area contributed by atoms with Gasteiger partial charge >= 0.3 is 0 Å². The fraction of sp³-hybridized carbons (Fsp3) is 0.280. The lowest BCUT2D eigenvalue weighted by atomic mass is 10.1. The summed E-state index contributed by atoms with van der Waals surface area (Å²) < 4.78 is 18.7. The zero-order valence-electron chi connectivity index (χ0n) is 18.0. The van der Waals surface area contributed by atoms with Crippen molar-refractivity contribution >= 4 is 16.9 Å². The highest BCUT2D eigenvalue weighted by atomic mass is 19.1. The number of H-pyrrole nitrogens is 1. The van der Waals surface area contributed by atoms with Gasteiger partial charge in [-0.2, -0.15) is 0 Å². The Hall–Kier alpha value is -3.29. The number of hydrogen-bond acceptors (Lipinski definition) is 5. The molecule has 0 spiro atoms. The number of benzene rings is 2. The Morgan fingerprint density at radius 1 is 1.06 bits per heavy atom. The van der Waals surface area contributed by atoms with Crippen molar-refractivity contribution in [2.24, 2.45) is 0 Å². The van der Waals surface area contributed by atoms with Crippen LogP contribution in [0.4, 0.5) is 10.2 Å². The minimum atomic E-state index is -0.239. The van der Waals surface area contributed by atoms with E-state index in [0.717, 1.165) is 66.5 Å². The first kappa shape index (κ1) is 20.6. The number of nitrogens with one attached hydrogen (secondary N) is 2. The molecule has 1 fully saturated rings. The van der Waals surface area contributed by atoms with E-state index in [9.17, 15) is 4.39 Å². The molecule has 32 heavy (non-hydrogen) atoms. The van der Waals surface area contributed by atoms with E-state index in [-0.39, 0.29) is 11.9 Å². The highest BCUT2D eigenvalue weighted by molar-refractivity contribution is 5.91. The summed E-state index contributed by atoms with van der Waals surface area (Å²) in [6.07, 6.45) is 1.55. The van der Waals surface area contributed by atoms with Gasteiger partial charge in [0.1, 0.15) is 23.6 Å². The molecule has 1 aliphatic rings. The molecule has 0 radical (unpaired) electrons. The predicted octanol–water partition coefficient (Wildman–Crippen LogP) is 4.77. The number of halogens is 1. The second-order valence-electron chi connectivity index (χ2n) is 8.17. The molecule has 5 rings (SSSR count). The third-order valence-corrected chi connectivity index (χ3v) is 5.92. The molecule has 0 aliphatic carbocycles. The van der Waals surface area contributed by atoms with Gasteiger partial charge in [0.25, 0.3) is 0 Å². The molecule has 2 aromatic heterocycles. The van der Waals surface area contributed by atoms with Crippen LogP contribution in [0.5, 0.6) is 0 Å². The van der Waals surface area contributed by atoms with E-state index in [1.807, 2.05) is 6.92 Å². The Morgan fingerprint density at radius 2 is 1.81 bits per heavy atom. The van der Waals surface area contributed by atoms with Crippen LogP contribution in [0, 0.1) is 5.82 Å². The zero-order valence-corrected chi connectivity index (χ0v) is 18.0. The summed E-state index contributed by atoms with van der Waals surface area (Å²) in [5.74, 6) is 0.509. The fourth-order valence-electron chi connectivity index (χ4n) is 4.06. The maximum absolute atomic E-state index is 13.2. The summed E-state index contributed by atoms with van der Waals surface area (Å²) in [4.78, 5) is 14.7. The van der Waals surface area contributed by atoms with Gasteiger partial charge in [0, 0.05) is 31.4 Å². The van der Waals surface area contributed by atoms with Gasteiger partial charge in [0.2, 0.25) is 0 Å². The molecule has 2 N–H and O–H groups in total. The van der Waals surface area contributed by atoms with Gasteiger partial charge in [-0.3, -0.25) is 4.90 Å². The number of anilines is 1. The maximum Gasteiger partial charge on any atom is 0.143 e. The Morgan fingerprint density at radius 3 is 2.56 bits per heavy atom. The van der Waals surface area contributed by atoms with Crippen molar-refractivity contribution in [1.29, 1.82) is 0 Å². The lowest BCUT2D eigenvalue weighted by Gasteiger charge is -2.26. The van der Waals surface area contributed by atoms with Gasteiger partial charge in [0.15, 0.2) is 0 Å². The van der Waals surface area contributed by atoms with Crippen LogP contribution in [-0.2, 0) is 11.3 Å². The van der Waals surface area contributed by atoms with E-state index in [0.29, 0.717) is 0 Å². The van der Waals surface area contributed by atoms with Gasteiger partial charge < -0.3 is 15.0 Å². The smallest absolute Gasteiger partial charge is 0.143 e. The summed E-state index contributed by atoms with van der Waals surface area (Å²) >= 11 is 0. The molecule has 0 unspecified atom stereocenters. The summed E-state index contributed by atoms with van der Waals surface area (Å²) in [6, 6.07) is 17.2. The lowest BCUT2D eigenvalue weighted by molar-refractivity contribution is 0.0342. The molecule has 6 nitrogen and oxygen atoms in total. The van der Waals surface area contributed by atoms with Gasteiger partial charge in [-0.05, 0) is 41.8 Å². The van der Waals surface area contributed by atoms with Crippen molar-refractivity contribution in [3.8, 4) is 11.3 Å². The number of rotatable bonds is 6. The molecule has 0 saturated carbocycles. The van der Waals surface area contributed by atoms with Crippen LogP contribution in [0.3, 0.4) is 0 Å². The molecule has 2 aromatic carbocycles. The van der Waals surface area contributed by atoms with Crippen molar-refractivity contribution in [3.63, 3.8) is 0 Å². The van der Waals surface area contributed by atoms with Crippen molar-refractivity contribution in [1.82, 2.24) is 19.9 Å². The van der Waals surface area contributed by atoms with E-state index in [2.05, 4.69) is 55.5 Å². The lowest BCUT2D eigenvalue weighted by Crippen LogP contribution is -2.35. The number of aromatic nitrogens is 3. The van der Waals surface area contributed by atoms with Crippen LogP contribution < -0.4 is 5.32 Å². The van der Waals surface area contributed by atoms with Crippen molar-refractivity contribution in [3.05, 3.63) is 77.9 Å². The summed E-state index contributed by atoms with van der Waals surface area (Å²) in [5.41, 5.74) is 5.16. The van der Waals surface area contributed by atoms with Crippen molar-refractivity contribution < 1.29 is 9.13 Å². The van der Waals surface area contributed by atoms with Gasteiger partial charge in [-0.1, -0.05) is 36.4 Å². The Labute approximate surface area is 186 Å². The Balaban J connectivity index is 1.35. The van der Waals surface area contributed by atoms with Crippen molar-refractivity contribution in [2.75, 3.05) is 31.6 Å². The normalized spacial score (nSPS) is 15.7. The highest BCUT2D eigenvalue weighted by Crippen LogP contribution is 2.29. The zero-order chi connectivity index (χ0) is 21.9. The highest BCUT2D eigenvalue weighted by Gasteiger charge is 2.14. The van der Waals surface area contributed by atoms with Crippen LogP contribution in [0.1, 0.15) is 24.1 Å². The first-order valence-electron chi connectivity index (χ1n) is 10.9. The molecule has 4 aromatic rings. The Kier molecular flexibility index (Phi) is 5.83. The standard InChI is InChI=1S/C25H26FN5O/c1-17(19-6-8-21(26)9-7-19)29-24-22-14-23(30-25(22)28-16-27-24)20-4-2-18(3-5-20)15-31-10-12-32-13-11-31/h2-9,14,16-17H,10-13,15H2,1H3,(H2,27,28,29,30)/t17-/m1/s1. The average molecular weight is 432 g/mol. The SMILES string of the molecule is C[C@@H](Nc1ncnc2[nH]c(-c3ccc(CN4CCOCC4)cc3)cc12)c1ccc(F)cc1. The molecule has 1 saturated heterocycles. The largest absolute Gasteiger partial charge is 0.379 e. The maximum atomic E-state index is 13.2. The molecule has 3 heterocycles. The van der Waals surface area contributed by atoms with Crippen LogP contribution in [0.2, 0.25) is 0 Å². The molecule has 1 atom stereocenters. The third kappa shape index (κ3) is 4.49. The number of fused-ring (bicyclic) bond motifs is 1. The predicted molar refractivity (Wildman–Crippen MR) is 124 cm³/mol. The first-order chi connectivity index (χ1) is 15.7. The van der Waals surface area contributed by atoms with E-state index in [4.69, 9.17) is 4.74 Å². The van der Waals surface area contributed by atoms with E-state index in [1.165, 1.54) is 17.7 Å². The minimum absolute atomic E-state index is 0.0217. The summed E-state index contributed by atoms with van der Waals surface area (Å²) in [6.45, 7) is 6.55. The topological polar surface area (TPSA) is 66.1 Å². The molecular formula is C25H26FN5O. The molecule has 7 heteroatoms. The van der Waals surface area contributed by atoms with Gasteiger partial charge in [-0.25, -0.2) is 14.4 Å². The third-order valence-electron chi connectivity index (χ3n) is 5.92.